The molecule has 0 aliphatic rings. The number of esters is 1. The van der Waals surface area contributed by atoms with Gasteiger partial charge in [-0.05, 0) is 6.92 Å². The lowest BCUT2D eigenvalue weighted by Gasteiger charge is -2.08. The molecule has 1 unspecified atom stereocenters. The molecule has 1 atom stereocenters. The van der Waals surface area contributed by atoms with E-state index in [-0.39, 0.29) is 6.61 Å². The van der Waals surface area contributed by atoms with E-state index >= 15 is 0 Å². The van der Waals surface area contributed by atoms with E-state index in [2.05, 4.69) is 17.9 Å². The van der Waals surface area contributed by atoms with Crippen LogP contribution in [0, 0.1) is 0 Å². The Kier molecular flexibility index (Phi) is 4.90. The molecule has 0 N–H and O–H groups in total. The summed E-state index contributed by atoms with van der Waals surface area (Å²) in [4.78, 5) is 10.8. The van der Waals surface area contributed by atoms with Gasteiger partial charge in [0.15, 0.2) is 6.10 Å². The van der Waals surface area contributed by atoms with Gasteiger partial charge in [0.05, 0.1) is 6.26 Å². The summed E-state index contributed by atoms with van der Waals surface area (Å²) in [5.41, 5.74) is 0. The molecule has 0 saturated carbocycles. The fraction of sp³-hybridized carbons (Fsp3) is 0.375. The molecule has 11 heavy (non-hydrogen) atoms. The van der Waals surface area contributed by atoms with Gasteiger partial charge in [0.2, 0.25) is 0 Å². The van der Waals surface area contributed by atoms with Crippen molar-refractivity contribution in [1.29, 1.82) is 0 Å². The zero-order valence-corrected chi connectivity index (χ0v) is 6.58. The van der Waals surface area contributed by atoms with Gasteiger partial charge >= 0.3 is 5.97 Å². The zero-order chi connectivity index (χ0) is 8.69. The number of carbonyl (C=O) groups excluding carboxylic acids is 1. The monoisotopic (exact) mass is 156 g/mol. The van der Waals surface area contributed by atoms with E-state index in [1.54, 1.807) is 6.92 Å². The molecular weight excluding hydrogens is 144 g/mol. The van der Waals surface area contributed by atoms with Gasteiger partial charge in [-0.3, -0.25) is 0 Å². The fourth-order valence-electron chi connectivity index (χ4n) is 0.458. The van der Waals surface area contributed by atoms with Crippen LogP contribution < -0.4 is 0 Å². The first-order valence-corrected chi connectivity index (χ1v) is 3.26. The van der Waals surface area contributed by atoms with Gasteiger partial charge in [0.1, 0.15) is 6.61 Å². The van der Waals surface area contributed by atoms with Gasteiger partial charge < -0.3 is 9.47 Å². The highest BCUT2D eigenvalue weighted by Crippen LogP contribution is 1.94. The Morgan fingerprint density at radius 1 is 1.64 bits per heavy atom. The molecule has 0 saturated heterocycles. The zero-order valence-electron chi connectivity index (χ0n) is 6.58. The maximum absolute atomic E-state index is 10.8. The van der Waals surface area contributed by atoms with Crippen molar-refractivity contribution in [1.82, 2.24) is 0 Å². The molecule has 3 heteroatoms. The Hall–Kier alpha value is -1.25. The van der Waals surface area contributed by atoms with E-state index in [4.69, 9.17) is 4.74 Å². The third kappa shape index (κ3) is 4.19. The lowest BCUT2D eigenvalue weighted by atomic mass is 10.4. The average Bonchev–Trinajstić information content (AvgIpc) is 2.00. The SMILES string of the molecule is C=CCOC(=O)C(C)OC=C. The number of carbonyl (C=O) groups is 1. The highest BCUT2D eigenvalue weighted by Gasteiger charge is 2.12. The normalized spacial score (nSPS) is 11.4. The van der Waals surface area contributed by atoms with E-state index in [0.717, 1.165) is 0 Å². The van der Waals surface area contributed by atoms with Crippen molar-refractivity contribution >= 4 is 5.97 Å². The Morgan fingerprint density at radius 3 is 2.73 bits per heavy atom. The van der Waals surface area contributed by atoms with Crippen LogP contribution in [0.3, 0.4) is 0 Å². The average molecular weight is 156 g/mol. The molecule has 0 bridgehead atoms. The van der Waals surface area contributed by atoms with Crippen molar-refractivity contribution in [3.63, 3.8) is 0 Å². The van der Waals surface area contributed by atoms with Crippen LogP contribution in [-0.4, -0.2) is 18.7 Å². The summed E-state index contributed by atoms with van der Waals surface area (Å²) in [5, 5.41) is 0. The fourth-order valence-corrected chi connectivity index (χ4v) is 0.458. The quantitative estimate of drug-likeness (QED) is 0.341. The summed E-state index contributed by atoms with van der Waals surface area (Å²) < 4.78 is 9.43. The lowest BCUT2D eigenvalue weighted by molar-refractivity contribution is -0.151. The summed E-state index contributed by atoms with van der Waals surface area (Å²) >= 11 is 0. The molecular formula is C8H12O3. The van der Waals surface area contributed by atoms with Gasteiger partial charge in [-0.1, -0.05) is 19.2 Å². The molecule has 0 aromatic rings. The van der Waals surface area contributed by atoms with Gasteiger partial charge in [-0.15, -0.1) is 0 Å². The van der Waals surface area contributed by atoms with E-state index in [0.29, 0.717) is 0 Å². The maximum atomic E-state index is 10.8. The van der Waals surface area contributed by atoms with Crippen LogP contribution in [0.4, 0.5) is 0 Å². The number of rotatable bonds is 5. The number of ether oxygens (including phenoxy) is 2. The molecule has 0 aromatic heterocycles. The van der Waals surface area contributed by atoms with Crippen LogP contribution in [0.5, 0.6) is 0 Å². The van der Waals surface area contributed by atoms with Gasteiger partial charge in [-0.25, -0.2) is 4.79 Å². The molecule has 0 aliphatic carbocycles. The van der Waals surface area contributed by atoms with E-state index in [1.807, 2.05) is 0 Å². The third-order valence-electron chi connectivity index (χ3n) is 0.976. The number of hydrogen-bond donors (Lipinski definition) is 0. The molecule has 0 rings (SSSR count). The second-order valence-corrected chi connectivity index (χ2v) is 1.86. The molecule has 0 aromatic carbocycles. The Balaban J connectivity index is 3.62. The summed E-state index contributed by atoms with van der Waals surface area (Å²) in [6.07, 6.45) is 2.12. The third-order valence-corrected chi connectivity index (χ3v) is 0.976. The molecule has 62 valence electrons. The Labute approximate surface area is 66.3 Å². The number of hydrogen-bond acceptors (Lipinski definition) is 3. The minimum absolute atomic E-state index is 0.212. The highest BCUT2D eigenvalue weighted by molar-refractivity contribution is 5.74. The van der Waals surface area contributed by atoms with Crippen LogP contribution in [0.2, 0.25) is 0 Å². The molecule has 0 radical (unpaired) electrons. The highest BCUT2D eigenvalue weighted by atomic mass is 16.6. The van der Waals surface area contributed by atoms with Crippen molar-refractivity contribution in [3.8, 4) is 0 Å². The predicted octanol–water partition coefficient (Wildman–Crippen LogP) is 1.26. The first-order chi connectivity index (χ1) is 5.22. The van der Waals surface area contributed by atoms with Crippen LogP contribution >= 0.6 is 0 Å². The standard InChI is InChI=1S/C8H12O3/c1-4-6-11-8(9)7(3)10-5-2/h4-5,7H,1-2,6H2,3H3. The largest absolute Gasteiger partial charge is 0.487 e. The van der Waals surface area contributed by atoms with E-state index in [1.165, 1.54) is 12.3 Å². The second-order valence-electron chi connectivity index (χ2n) is 1.86. The minimum atomic E-state index is -0.590. The smallest absolute Gasteiger partial charge is 0.347 e. The molecule has 0 aliphatic heterocycles. The first kappa shape index (κ1) is 9.75. The predicted molar refractivity (Wildman–Crippen MR) is 41.9 cm³/mol. The Bertz CT molecular complexity index is 151. The molecule has 3 nitrogen and oxygen atoms in total. The van der Waals surface area contributed by atoms with Gasteiger partial charge in [0, 0.05) is 0 Å². The first-order valence-electron chi connectivity index (χ1n) is 3.26. The summed E-state index contributed by atoms with van der Waals surface area (Å²) in [7, 11) is 0. The second kappa shape index (κ2) is 5.53. The molecule has 0 fully saturated rings. The molecule has 0 heterocycles. The van der Waals surface area contributed by atoms with E-state index < -0.39 is 12.1 Å². The minimum Gasteiger partial charge on any atom is -0.487 e. The van der Waals surface area contributed by atoms with Crippen LogP contribution in [-0.2, 0) is 14.3 Å². The topological polar surface area (TPSA) is 35.5 Å². The van der Waals surface area contributed by atoms with Gasteiger partial charge in [-0.2, -0.15) is 0 Å². The summed E-state index contributed by atoms with van der Waals surface area (Å²) in [6, 6.07) is 0. The van der Waals surface area contributed by atoms with E-state index in [9.17, 15) is 4.79 Å². The maximum Gasteiger partial charge on any atom is 0.347 e. The molecule has 0 amide bonds. The van der Waals surface area contributed by atoms with Crippen LogP contribution in [0.15, 0.2) is 25.5 Å². The Morgan fingerprint density at radius 2 is 2.27 bits per heavy atom. The van der Waals surface area contributed by atoms with Crippen LogP contribution in [0.25, 0.3) is 0 Å². The summed E-state index contributed by atoms with van der Waals surface area (Å²) in [6.45, 7) is 8.52. The van der Waals surface area contributed by atoms with Crippen molar-refractivity contribution in [2.24, 2.45) is 0 Å². The van der Waals surface area contributed by atoms with Crippen molar-refractivity contribution in [3.05, 3.63) is 25.5 Å². The lowest BCUT2D eigenvalue weighted by Crippen LogP contribution is -2.21. The van der Waals surface area contributed by atoms with Gasteiger partial charge in [0.25, 0.3) is 0 Å². The summed E-state index contributed by atoms with van der Waals surface area (Å²) in [5.74, 6) is -0.412. The van der Waals surface area contributed by atoms with Crippen molar-refractivity contribution in [2.75, 3.05) is 6.61 Å². The van der Waals surface area contributed by atoms with Crippen LogP contribution in [0.1, 0.15) is 6.92 Å². The van der Waals surface area contributed by atoms with Crippen molar-refractivity contribution < 1.29 is 14.3 Å². The van der Waals surface area contributed by atoms with Crippen molar-refractivity contribution in [2.45, 2.75) is 13.0 Å². The molecule has 0 spiro atoms.